The molecule has 0 aliphatic carbocycles. The van der Waals surface area contributed by atoms with E-state index in [1.54, 1.807) is 18.4 Å². The van der Waals surface area contributed by atoms with Crippen LogP contribution in [0, 0.1) is 0 Å². The summed E-state index contributed by atoms with van der Waals surface area (Å²) in [6.07, 6.45) is 0.945. The van der Waals surface area contributed by atoms with Gasteiger partial charge in [0, 0.05) is 10.9 Å². The van der Waals surface area contributed by atoms with E-state index in [-0.39, 0.29) is 6.04 Å². The van der Waals surface area contributed by atoms with Gasteiger partial charge in [0.1, 0.15) is 5.75 Å². The molecule has 1 aromatic heterocycles. The van der Waals surface area contributed by atoms with Crippen molar-refractivity contribution in [2.45, 2.75) is 19.4 Å². The van der Waals surface area contributed by atoms with Crippen LogP contribution in [0.5, 0.6) is 5.75 Å². The SMILES string of the molecule is COc1ccc(-c2csc(CC(C)N)c2)cc1. The van der Waals surface area contributed by atoms with Crippen LogP contribution in [0.15, 0.2) is 35.7 Å². The number of hydrogen-bond donors (Lipinski definition) is 1. The van der Waals surface area contributed by atoms with Gasteiger partial charge in [-0.25, -0.2) is 0 Å². The van der Waals surface area contributed by atoms with Crippen molar-refractivity contribution >= 4 is 11.3 Å². The van der Waals surface area contributed by atoms with Crippen molar-refractivity contribution in [3.63, 3.8) is 0 Å². The van der Waals surface area contributed by atoms with E-state index < -0.39 is 0 Å². The van der Waals surface area contributed by atoms with Crippen LogP contribution in [0.1, 0.15) is 11.8 Å². The Morgan fingerprint density at radius 1 is 1.24 bits per heavy atom. The maximum atomic E-state index is 5.80. The van der Waals surface area contributed by atoms with Crippen LogP contribution in [0.3, 0.4) is 0 Å². The van der Waals surface area contributed by atoms with E-state index in [0.717, 1.165) is 12.2 Å². The molecule has 1 unspecified atom stereocenters. The molecule has 3 heteroatoms. The van der Waals surface area contributed by atoms with E-state index in [9.17, 15) is 0 Å². The van der Waals surface area contributed by atoms with Crippen LogP contribution in [0.4, 0.5) is 0 Å². The minimum Gasteiger partial charge on any atom is -0.497 e. The van der Waals surface area contributed by atoms with Gasteiger partial charge in [-0.1, -0.05) is 12.1 Å². The zero-order valence-corrected chi connectivity index (χ0v) is 11.0. The van der Waals surface area contributed by atoms with Crippen molar-refractivity contribution in [2.75, 3.05) is 7.11 Å². The minimum absolute atomic E-state index is 0.220. The molecule has 0 radical (unpaired) electrons. The van der Waals surface area contributed by atoms with Crippen molar-refractivity contribution in [1.29, 1.82) is 0 Å². The average Bonchev–Trinajstić information content (AvgIpc) is 2.77. The number of methoxy groups -OCH3 is 1. The minimum atomic E-state index is 0.220. The van der Waals surface area contributed by atoms with Crippen LogP contribution in [-0.2, 0) is 6.42 Å². The fourth-order valence-corrected chi connectivity index (χ4v) is 2.78. The van der Waals surface area contributed by atoms with Crippen molar-refractivity contribution in [2.24, 2.45) is 5.73 Å². The monoisotopic (exact) mass is 247 g/mol. The van der Waals surface area contributed by atoms with Crippen LogP contribution in [0.2, 0.25) is 0 Å². The molecular formula is C14H17NOS. The molecule has 0 aliphatic rings. The van der Waals surface area contributed by atoms with Crippen molar-refractivity contribution < 1.29 is 4.74 Å². The highest BCUT2D eigenvalue weighted by molar-refractivity contribution is 7.10. The molecule has 2 N–H and O–H groups in total. The molecule has 90 valence electrons. The highest BCUT2D eigenvalue weighted by Gasteiger charge is 2.04. The lowest BCUT2D eigenvalue weighted by Crippen LogP contribution is -2.16. The molecule has 0 bridgehead atoms. The summed E-state index contributed by atoms with van der Waals surface area (Å²) >= 11 is 1.77. The topological polar surface area (TPSA) is 35.2 Å². The van der Waals surface area contributed by atoms with E-state index in [4.69, 9.17) is 10.5 Å². The number of hydrogen-bond acceptors (Lipinski definition) is 3. The lowest BCUT2D eigenvalue weighted by Gasteiger charge is -2.02. The first-order chi connectivity index (χ1) is 8.19. The molecule has 0 saturated carbocycles. The number of rotatable bonds is 4. The summed E-state index contributed by atoms with van der Waals surface area (Å²) in [6, 6.07) is 10.6. The smallest absolute Gasteiger partial charge is 0.118 e. The third-order valence-corrected chi connectivity index (χ3v) is 3.56. The molecule has 0 spiro atoms. The zero-order chi connectivity index (χ0) is 12.3. The summed E-state index contributed by atoms with van der Waals surface area (Å²) in [5, 5.41) is 2.18. The average molecular weight is 247 g/mol. The molecule has 2 rings (SSSR count). The first-order valence-corrected chi connectivity index (χ1v) is 6.54. The van der Waals surface area contributed by atoms with Gasteiger partial charge in [0.25, 0.3) is 0 Å². The van der Waals surface area contributed by atoms with Gasteiger partial charge in [0.15, 0.2) is 0 Å². The number of thiophene rings is 1. The van der Waals surface area contributed by atoms with Crippen molar-refractivity contribution in [1.82, 2.24) is 0 Å². The molecule has 0 fully saturated rings. The Balaban J connectivity index is 2.18. The van der Waals surface area contributed by atoms with Crippen LogP contribution >= 0.6 is 11.3 Å². The third-order valence-electron chi connectivity index (χ3n) is 2.60. The standard InChI is InChI=1S/C14H17NOS/c1-10(15)7-14-8-12(9-17-14)11-3-5-13(16-2)6-4-11/h3-6,8-10H,7,15H2,1-2H3. The lowest BCUT2D eigenvalue weighted by atomic mass is 10.1. The van der Waals surface area contributed by atoms with E-state index in [1.807, 2.05) is 19.1 Å². The Morgan fingerprint density at radius 2 is 1.94 bits per heavy atom. The largest absolute Gasteiger partial charge is 0.497 e. The summed E-state index contributed by atoms with van der Waals surface area (Å²) in [5.41, 5.74) is 8.28. The van der Waals surface area contributed by atoms with Gasteiger partial charge in [-0.3, -0.25) is 0 Å². The molecule has 0 amide bonds. The zero-order valence-electron chi connectivity index (χ0n) is 10.1. The first-order valence-electron chi connectivity index (χ1n) is 5.66. The Morgan fingerprint density at radius 3 is 2.53 bits per heavy atom. The van der Waals surface area contributed by atoms with Gasteiger partial charge >= 0.3 is 0 Å². The normalized spacial score (nSPS) is 12.4. The second-order valence-corrected chi connectivity index (χ2v) is 5.21. The first kappa shape index (κ1) is 12.1. The quantitative estimate of drug-likeness (QED) is 0.899. The van der Waals surface area contributed by atoms with Crippen LogP contribution in [0.25, 0.3) is 11.1 Å². The van der Waals surface area contributed by atoms with Gasteiger partial charge in [-0.2, -0.15) is 0 Å². The summed E-state index contributed by atoms with van der Waals surface area (Å²) in [4.78, 5) is 1.34. The summed E-state index contributed by atoms with van der Waals surface area (Å²) in [5.74, 6) is 0.889. The van der Waals surface area contributed by atoms with Gasteiger partial charge in [-0.05, 0) is 48.1 Å². The fraction of sp³-hybridized carbons (Fsp3) is 0.286. The van der Waals surface area contributed by atoms with Gasteiger partial charge in [0.05, 0.1) is 7.11 Å². The Kier molecular flexibility index (Phi) is 3.82. The highest BCUT2D eigenvalue weighted by Crippen LogP contribution is 2.27. The van der Waals surface area contributed by atoms with E-state index in [1.165, 1.54) is 16.0 Å². The molecule has 0 aliphatic heterocycles. The second-order valence-electron chi connectivity index (χ2n) is 4.21. The van der Waals surface area contributed by atoms with E-state index in [0.29, 0.717) is 0 Å². The fourth-order valence-electron chi connectivity index (χ4n) is 1.74. The molecule has 1 heterocycles. The summed E-state index contributed by atoms with van der Waals surface area (Å²) in [6.45, 7) is 2.03. The molecule has 1 aromatic carbocycles. The maximum absolute atomic E-state index is 5.80. The van der Waals surface area contributed by atoms with Gasteiger partial charge in [-0.15, -0.1) is 11.3 Å². The van der Waals surface area contributed by atoms with Gasteiger partial charge in [0.2, 0.25) is 0 Å². The molecule has 2 nitrogen and oxygen atoms in total. The molecule has 0 saturated heterocycles. The predicted octanol–water partition coefficient (Wildman–Crippen LogP) is 3.31. The molecule has 1 atom stereocenters. The third kappa shape index (κ3) is 3.08. The maximum Gasteiger partial charge on any atom is 0.118 e. The number of benzene rings is 1. The van der Waals surface area contributed by atoms with Crippen molar-refractivity contribution in [3.05, 3.63) is 40.6 Å². The van der Waals surface area contributed by atoms with Crippen LogP contribution < -0.4 is 10.5 Å². The number of ether oxygens (including phenoxy) is 1. The number of nitrogens with two attached hydrogens (primary N) is 1. The second kappa shape index (κ2) is 5.34. The predicted molar refractivity (Wildman–Crippen MR) is 73.7 cm³/mol. The van der Waals surface area contributed by atoms with E-state index >= 15 is 0 Å². The Bertz CT molecular complexity index is 473. The molecule has 2 aromatic rings. The van der Waals surface area contributed by atoms with Gasteiger partial charge < -0.3 is 10.5 Å². The Labute approximate surface area is 106 Å². The van der Waals surface area contributed by atoms with Crippen molar-refractivity contribution in [3.8, 4) is 16.9 Å². The lowest BCUT2D eigenvalue weighted by molar-refractivity contribution is 0.415. The van der Waals surface area contributed by atoms with Crippen LogP contribution in [-0.4, -0.2) is 13.2 Å². The Hall–Kier alpha value is -1.32. The summed E-state index contributed by atoms with van der Waals surface area (Å²) in [7, 11) is 1.68. The highest BCUT2D eigenvalue weighted by atomic mass is 32.1. The molecular weight excluding hydrogens is 230 g/mol. The van der Waals surface area contributed by atoms with E-state index in [2.05, 4.69) is 23.6 Å². The molecule has 17 heavy (non-hydrogen) atoms. The summed E-state index contributed by atoms with van der Waals surface area (Å²) < 4.78 is 5.15.